The van der Waals surface area contributed by atoms with Crippen LogP contribution in [0.5, 0.6) is 0 Å². The predicted octanol–water partition coefficient (Wildman–Crippen LogP) is -0.108. The summed E-state index contributed by atoms with van der Waals surface area (Å²) in [4.78, 5) is 14.6. The Morgan fingerprint density at radius 2 is 2.00 bits per heavy atom. The number of hydrogen-bond donors (Lipinski definition) is 1. The zero-order chi connectivity index (χ0) is 10.9. The van der Waals surface area contributed by atoms with Crippen molar-refractivity contribution in [2.24, 2.45) is 5.73 Å². The molecule has 0 saturated carbocycles. The molecule has 0 fully saturated rings. The fraction of sp³-hybridized carbons (Fsp3) is 0.250. The highest BCUT2D eigenvalue weighted by atomic mass is 32.2. The zero-order valence-electron chi connectivity index (χ0n) is 7.81. The molecular formula is C8H10N2O3S. The highest BCUT2D eigenvalue weighted by Crippen LogP contribution is 2.10. The fourth-order valence-corrected chi connectivity index (χ4v) is 1.62. The summed E-state index contributed by atoms with van der Waals surface area (Å²) < 4.78 is 22.2. The number of pyridine rings is 1. The third-order valence-corrected chi connectivity index (χ3v) is 2.69. The SMILES string of the molecule is Cc1nc(S(C)(=O)=O)ccc1C(N)=O. The van der Waals surface area contributed by atoms with Gasteiger partial charge in [-0.15, -0.1) is 0 Å². The predicted molar refractivity (Wildman–Crippen MR) is 50.6 cm³/mol. The fourth-order valence-electron chi connectivity index (χ4n) is 1.00. The summed E-state index contributed by atoms with van der Waals surface area (Å²) in [7, 11) is -3.33. The van der Waals surface area contributed by atoms with E-state index in [9.17, 15) is 13.2 Å². The Hall–Kier alpha value is -1.43. The maximum Gasteiger partial charge on any atom is 0.250 e. The summed E-state index contributed by atoms with van der Waals surface area (Å²) in [6, 6.07) is 2.63. The zero-order valence-corrected chi connectivity index (χ0v) is 8.63. The topological polar surface area (TPSA) is 90.1 Å². The van der Waals surface area contributed by atoms with Crippen LogP contribution < -0.4 is 5.73 Å². The second kappa shape index (κ2) is 3.38. The number of primary amides is 1. The molecule has 0 aliphatic rings. The van der Waals surface area contributed by atoms with Crippen LogP contribution in [0, 0.1) is 6.92 Å². The molecule has 0 aromatic carbocycles. The van der Waals surface area contributed by atoms with Crippen LogP contribution in [0.25, 0.3) is 0 Å². The molecule has 14 heavy (non-hydrogen) atoms. The van der Waals surface area contributed by atoms with Crippen LogP contribution in [-0.4, -0.2) is 25.6 Å². The number of amides is 1. The third-order valence-electron chi connectivity index (χ3n) is 1.71. The number of aromatic nitrogens is 1. The molecule has 0 unspecified atom stereocenters. The lowest BCUT2D eigenvalue weighted by Crippen LogP contribution is -2.14. The second-order valence-corrected chi connectivity index (χ2v) is 4.88. The lowest BCUT2D eigenvalue weighted by atomic mass is 10.2. The minimum absolute atomic E-state index is 0.0556. The van der Waals surface area contributed by atoms with E-state index in [0.717, 1.165) is 6.26 Å². The summed E-state index contributed by atoms with van der Waals surface area (Å²) >= 11 is 0. The van der Waals surface area contributed by atoms with Gasteiger partial charge in [-0.2, -0.15) is 0 Å². The summed E-state index contributed by atoms with van der Waals surface area (Å²) in [5.41, 5.74) is 5.60. The van der Waals surface area contributed by atoms with Gasteiger partial charge in [-0.25, -0.2) is 13.4 Å². The smallest absolute Gasteiger partial charge is 0.250 e. The standard InChI is InChI=1S/C8H10N2O3S/c1-5-6(8(9)11)3-4-7(10-5)14(2,12)13/h3-4H,1-2H3,(H2,9,11). The van der Waals surface area contributed by atoms with Crippen molar-refractivity contribution in [1.29, 1.82) is 0 Å². The van der Waals surface area contributed by atoms with Crippen molar-refractivity contribution in [1.82, 2.24) is 4.98 Å². The number of nitrogens with two attached hydrogens (primary N) is 1. The average molecular weight is 214 g/mol. The summed E-state index contributed by atoms with van der Waals surface area (Å²) in [6.07, 6.45) is 1.05. The van der Waals surface area contributed by atoms with Crippen LogP contribution in [-0.2, 0) is 9.84 Å². The maximum atomic E-state index is 11.1. The molecule has 0 spiro atoms. The van der Waals surface area contributed by atoms with E-state index >= 15 is 0 Å². The van der Waals surface area contributed by atoms with E-state index in [-0.39, 0.29) is 10.6 Å². The Kier molecular flexibility index (Phi) is 2.57. The molecule has 1 rings (SSSR count). The van der Waals surface area contributed by atoms with Crippen molar-refractivity contribution >= 4 is 15.7 Å². The van der Waals surface area contributed by atoms with E-state index in [4.69, 9.17) is 5.73 Å². The van der Waals surface area contributed by atoms with Gasteiger partial charge < -0.3 is 5.73 Å². The Labute approximate surface area is 81.9 Å². The molecule has 0 atom stereocenters. The van der Waals surface area contributed by atoms with Crippen molar-refractivity contribution in [3.8, 4) is 0 Å². The first-order valence-electron chi connectivity index (χ1n) is 3.80. The summed E-state index contributed by atoms with van der Waals surface area (Å²) in [5, 5.41) is -0.0556. The van der Waals surface area contributed by atoms with Gasteiger partial charge in [0.25, 0.3) is 5.91 Å². The normalized spacial score (nSPS) is 11.3. The van der Waals surface area contributed by atoms with Crippen LogP contribution in [0.3, 0.4) is 0 Å². The van der Waals surface area contributed by atoms with Gasteiger partial charge in [-0.05, 0) is 19.1 Å². The second-order valence-electron chi connectivity index (χ2n) is 2.92. The molecule has 0 bridgehead atoms. The van der Waals surface area contributed by atoms with Gasteiger partial charge in [0.15, 0.2) is 14.9 Å². The molecule has 0 aliphatic heterocycles. The quantitative estimate of drug-likeness (QED) is 0.743. The minimum atomic E-state index is -3.33. The van der Waals surface area contributed by atoms with E-state index < -0.39 is 15.7 Å². The van der Waals surface area contributed by atoms with Gasteiger partial charge in [-0.1, -0.05) is 0 Å². The Morgan fingerprint density at radius 1 is 1.43 bits per heavy atom. The van der Waals surface area contributed by atoms with Crippen molar-refractivity contribution in [2.45, 2.75) is 11.9 Å². The van der Waals surface area contributed by atoms with Crippen LogP contribution in [0.15, 0.2) is 17.2 Å². The monoisotopic (exact) mass is 214 g/mol. The van der Waals surface area contributed by atoms with E-state index in [1.54, 1.807) is 0 Å². The van der Waals surface area contributed by atoms with Gasteiger partial charge in [0.2, 0.25) is 0 Å². The Morgan fingerprint density at radius 3 is 2.36 bits per heavy atom. The third kappa shape index (κ3) is 2.08. The number of hydrogen-bond acceptors (Lipinski definition) is 4. The lowest BCUT2D eigenvalue weighted by Gasteiger charge is -2.02. The van der Waals surface area contributed by atoms with E-state index in [1.807, 2.05) is 0 Å². The van der Waals surface area contributed by atoms with Crippen LogP contribution in [0.4, 0.5) is 0 Å². The first-order valence-corrected chi connectivity index (χ1v) is 5.69. The summed E-state index contributed by atoms with van der Waals surface area (Å²) in [6.45, 7) is 1.54. The van der Waals surface area contributed by atoms with Crippen molar-refractivity contribution in [3.05, 3.63) is 23.4 Å². The number of carbonyl (C=O) groups is 1. The van der Waals surface area contributed by atoms with Gasteiger partial charge in [0, 0.05) is 6.26 Å². The van der Waals surface area contributed by atoms with Gasteiger partial charge >= 0.3 is 0 Å². The Bertz CT molecular complexity index is 479. The lowest BCUT2D eigenvalue weighted by molar-refractivity contribution is 0.0999. The van der Waals surface area contributed by atoms with E-state index in [1.165, 1.54) is 19.1 Å². The Balaban J connectivity index is 3.34. The van der Waals surface area contributed by atoms with Gasteiger partial charge in [-0.3, -0.25) is 4.79 Å². The molecule has 5 nitrogen and oxygen atoms in total. The molecule has 1 aromatic heterocycles. The van der Waals surface area contributed by atoms with E-state index in [0.29, 0.717) is 5.69 Å². The molecular weight excluding hydrogens is 204 g/mol. The number of rotatable bonds is 2. The van der Waals surface area contributed by atoms with Crippen LogP contribution in [0.2, 0.25) is 0 Å². The van der Waals surface area contributed by atoms with Crippen molar-refractivity contribution in [2.75, 3.05) is 6.26 Å². The molecule has 6 heteroatoms. The number of nitrogens with zero attached hydrogens (tertiary/aromatic N) is 1. The highest BCUT2D eigenvalue weighted by Gasteiger charge is 2.12. The van der Waals surface area contributed by atoms with Crippen LogP contribution >= 0.6 is 0 Å². The number of carbonyl (C=O) groups excluding carboxylic acids is 1. The molecule has 1 heterocycles. The van der Waals surface area contributed by atoms with Gasteiger partial charge in [0.1, 0.15) is 0 Å². The molecule has 76 valence electrons. The van der Waals surface area contributed by atoms with Gasteiger partial charge in [0.05, 0.1) is 11.3 Å². The minimum Gasteiger partial charge on any atom is -0.366 e. The van der Waals surface area contributed by atoms with Crippen molar-refractivity contribution in [3.63, 3.8) is 0 Å². The molecule has 1 aromatic rings. The molecule has 1 amide bonds. The first-order chi connectivity index (χ1) is 6.32. The average Bonchev–Trinajstić information content (AvgIpc) is 2.01. The molecule has 0 aliphatic carbocycles. The highest BCUT2D eigenvalue weighted by molar-refractivity contribution is 7.90. The van der Waals surface area contributed by atoms with Crippen molar-refractivity contribution < 1.29 is 13.2 Å². The molecule has 0 saturated heterocycles. The first kappa shape index (κ1) is 10.6. The van der Waals surface area contributed by atoms with Crippen LogP contribution in [0.1, 0.15) is 16.1 Å². The maximum absolute atomic E-state index is 11.1. The summed E-state index contributed by atoms with van der Waals surface area (Å²) in [5.74, 6) is -0.616. The number of aryl methyl sites for hydroxylation is 1. The molecule has 0 radical (unpaired) electrons. The molecule has 2 N–H and O–H groups in total. The number of sulfone groups is 1. The van der Waals surface area contributed by atoms with E-state index in [2.05, 4.69) is 4.98 Å². The largest absolute Gasteiger partial charge is 0.366 e.